The first kappa shape index (κ1) is 14.4. The zero-order valence-electron chi connectivity index (χ0n) is 9.79. The molecule has 1 rings (SSSR count). The lowest BCUT2D eigenvalue weighted by Gasteiger charge is -2.05. The van der Waals surface area contributed by atoms with Crippen molar-refractivity contribution in [2.75, 3.05) is 13.2 Å². The number of hydrogen-bond acceptors (Lipinski definition) is 2. The molecule has 0 fully saturated rings. The summed E-state index contributed by atoms with van der Waals surface area (Å²) in [6.07, 6.45) is 3.89. The number of amides is 1. The van der Waals surface area contributed by atoms with E-state index in [1.165, 1.54) is 0 Å². The summed E-state index contributed by atoms with van der Waals surface area (Å²) < 4.78 is 1.07. The SMILES string of the molecule is O=C(NCCCCCCO)c1cccc(I)c1. The maximum atomic E-state index is 11.7. The lowest BCUT2D eigenvalue weighted by molar-refractivity contribution is 0.0952. The first-order chi connectivity index (χ1) is 8.24. The van der Waals surface area contributed by atoms with Gasteiger partial charge in [-0.25, -0.2) is 0 Å². The van der Waals surface area contributed by atoms with Crippen LogP contribution in [0.3, 0.4) is 0 Å². The van der Waals surface area contributed by atoms with Gasteiger partial charge in [-0.1, -0.05) is 18.9 Å². The Kier molecular flexibility index (Phi) is 7.19. The van der Waals surface area contributed by atoms with Gasteiger partial charge in [-0.2, -0.15) is 0 Å². The topological polar surface area (TPSA) is 49.3 Å². The van der Waals surface area contributed by atoms with Crippen molar-refractivity contribution < 1.29 is 9.90 Å². The molecule has 1 aromatic rings. The molecular weight excluding hydrogens is 329 g/mol. The highest BCUT2D eigenvalue weighted by atomic mass is 127. The van der Waals surface area contributed by atoms with Crippen molar-refractivity contribution >= 4 is 28.5 Å². The van der Waals surface area contributed by atoms with Crippen LogP contribution >= 0.6 is 22.6 Å². The molecule has 0 aromatic heterocycles. The molecule has 4 heteroatoms. The highest BCUT2D eigenvalue weighted by Crippen LogP contribution is 2.07. The molecular formula is C13H18INO2. The fourth-order valence-corrected chi connectivity index (χ4v) is 2.07. The minimum absolute atomic E-state index is 0.00864. The number of aliphatic hydroxyl groups excluding tert-OH is 1. The predicted molar refractivity (Wildman–Crippen MR) is 77.0 cm³/mol. The monoisotopic (exact) mass is 347 g/mol. The zero-order valence-corrected chi connectivity index (χ0v) is 11.9. The van der Waals surface area contributed by atoms with E-state index in [0.29, 0.717) is 12.1 Å². The zero-order chi connectivity index (χ0) is 12.5. The summed E-state index contributed by atoms with van der Waals surface area (Å²) >= 11 is 2.20. The van der Waals surface area contributed by atoms with E-state index in [1.54, 1.807) is 0 Å². The Balaban J connectivity index is 2.21. The van der Waals surface area contributed by atoms with Crippen LogP contribution in [0.25, 0.3) is 0 Å². The van der Waals surface area contributed by atoms with Crippen LogP contribution in [0, 0.1) is 3.57 Å². The summed E-state index contributed by atoms with van der Waals surface area (Å²) in [5.74, 6) is -0.00864. The van der Waals surface area contributed by atoms with Crippen molar-refractivity contribution in [2.24, 2.45) is 0 Å². The number of rotatable bonds is 7. The first-order valence-electron chi connectivity index (χ1n) is 5.88. The Morgan fingerprint density at radius 1 is 1.24 bits per heavy atom. The fourth-order valence-electron chi connectivity index (χ4n) is 1.52. The summed E-state index contributed by atoms with van der Waals surface area (Å²) in [7, 11) is 0. The maximum Gasteiger partial charge on any atom is 0.251 e. The van der Waals surface area contributed by atoms with Crippen molar-refractivity contribution in [2.45, 2.75) is 25.7 Å². The molecule has 94 valence electrons. The quantitative estimate of drug-likeness (QED) is 0.588. The summed E-state index contributed by atoms with van der Waals surface area (Å²) in [6, 6.07) is 7.55. The lowest BCUT2D eigenvalue weighted by Crippen LogP contribution is -2.24. The van der Waals surface area contributed by atoms with E-state index in [4.69, 9.17) is 5.11 Å². The van der Waals surface area contributed by atoms with Crippen molar-refractivity contribution in [1.29, 1.82) is 0 Å². The molecule has 3 nitrogen and oxygen atoms in total. The van der Waals surface area contributed by atoms with Crippen LogP contribution in [0.15, 0.2) is 24.3 Å². The van der Waals surface area contributed by atoms with Gasteiger partial charge < -0.3 is 10.4 Å². The van der Waals surface area contributed by atoms with Gasteiger partial charge in [0.05, 0.1) is 0 Å². The summed E-state index contributed by atoms with van der Waals surface area (Å²) in [5.41, 5.74) is 0.715. The molecule has 1 aromatic carbocycles. The maximum absolute atomic E-state index is 11.7. The number of nitrogens with one attached hydrogen (secondary N) is 1. The van der Waals surface area contributed by atoms with Gasteiger partial charge in [0, 0.05) is 22.3 Å². The molecule has 0 aliphatic carbocycles. The minimum Gasteiger partial charge on any atom is -0.396 e. The molecule has 0 bridgehead atoms. The van der Waals surface area contributed by atoms with Crippen LogP contribution in [-0.2, 0) is 0 Å². The molecule has 2 N–H and O–H groups in total. The number of hydrogen-bond donors (Lipinski definition) is 2. The normalized spacial score (nSPS) is 10.2. The fraction of sp³-hybridized carbons (Fsp3) is 0.462. The smallest absolute Gasteiger partial charge is 0.251 e. The molecule has 0 unspecified atom stereocenters. The average Bonchev–Trinajstić information content (AvgIpc) is 2.33. The molecule has 0 heterocycles. The molecule has 17 heavy (non-hydrogen) atoms. The second kappa shape index (κ2) is 8.47. The Bertz CT molecular complexity index is 355. The Hall–Kier alpha value is -0.620. The summed E-state index contributed by atoms with van der Waals surface area (Å²) in [6.45, 7) is 0.963. The number of halogens is 1. The van der Waals surface area contributed by atoms with E-state index >= 15 is 0 Å². The van der Waals surface area contributed by atoms with Gasteiger partial charge in [-0.15, -0.1) is 0 Å². The highest BCUT2D eigenvalue weighted by Gasteiger charge is 2.04. The van der Waals surface area contributed by atoms with Crippen LogP contribution in [0.4, 0.5) is 0 Å². The van der Waals surface area contributed by atoms with Gasteiger partial charge in [-0.3, -0.25) is 4.79 Å². The number of aliphatic hydroxyl groups is 1. The van der Waals surface area contributed by atoms with Crippen molar-refractivity contribution in [3.63, 3.8) is 0 Å². The van der Waals surface area contributed by atoms with Crippen LogP contribution in [0.5, 0.6) is 0 Å². The second-order valence-corrected chi connectivity index (χ2v) is 5.15. The van der Waals surface area contributed by atoms with Gasteiger partial charge in [-0.05, 0) is 53.6 Å². The van der Waals surface area contributed by atoms with Crippen molar-refractivity contribution in [3.8, 4) is 0 Å². The van der Waals surface area contributed by atoms with Gasteiger partial charge in [0.2, 0.25) is 0 Å². The summed E-state index contributed by atoms with van der Waals surface area (Å²) in [4.78, 5) is 11.7. The molecule has 1 amide bonds. The largest absolute Gasteiger partial charge is 0.396 e. The first-order valence-corrected chi connectivity index (χ1v) is 6.96. The molecule has 0 aliphatic heterocycles. The Labute approximate surface area is 116 Å². The van der Waals surface area contributed by atoms with E-state index < -0.39 is 0 Å². The van der Waals surface area contributed by atoms with Gasteiger partial charge >= 0.3 is 0 Å². The number of carbonyl (C=O) groups is 1. The van der Waals surface area contributed by atoms with Crippen LogP contribution in [0.1, 0.15) is 36.0 Å². The Morgan fingerprint density at radius 2 is 2.00 bits per heavy atom. The van der Waals surface area contributed by atoms with Crippen LogP contribution in [0.2, 0.25) is 0 Å². The van der Waals surface area contributed by atoms with Crippen LogP contribution in [-0.4, -0.2) is 24.2 Å². The van der Waals surface area contributed by atoms with Crippen molar-refractivity contribution in [1.82, 2.24) is 5.32 Å². The number of benzene rings is 1. The van der Waals surface area contributed by atoms with Gasteiger partial charge in [0.25, 0.3) is 5.91 Å². The van der Waals surface area contributed by atoms with E-state index in [-0.39, 0.29) is 12.5 Å². The van der Waals surface area contributed by atoms with Gasteiger partial charge in [0.1, 0.15) is 0 Å². The molecule has 0 saturated carbocycles. The van der Waals surface area contributed by atoms with E-state index in [0.717, 1.165) is 29.3 Å². The molecule has 0 radical (unpaired) electrons. The van der Waals surface area contributed by atoms with Crippen molar-refractivity contribution in [3.05, 3.63) is 33.4 Å². The van der Waals surface area contributed by atoms with E-state index in [1.807, 2.05) is 24.3 Å². The highest BCUT2D eigenvalue weighted by molar-refractivity contribution is 14.1. The average molecular weight is 347 g/mol. The third-order valence-electron chi connectivity index (χ3n) is 2.46. The predicted octanol–water partition coefficient (Wildman–Crippen LogP) is 2.57. The summed E-state index contributed by atoms with van der Waals surface area (Å²) in [5, 5.41) is 11.5. The molecule has 0 spiro atoms. The Morgan fingerprint density at radius 3 is 2.71 bits per heavy atom. The standard InChI is InChI=1S/C13H18INO2/c14-12-7-5-6-11(10-12)13(17)15-8-3-1-2-4-9-16/h5-7,10,16H,1-4,8-9H2,(H,15,17). The molecule has 0 atom stereocenters. The lowest BCUT2D eigenvalue weighted by atomic mass is 10.2. The second-order valence-electron chi connectivity index (χ2n) is 3.90. The van der Waals surface area contributed by atoms with Gasteiger partial charge in [0.15, 0.2) is 0 Å². The number of carbonyl (C=O) groups excluding carboxylic acids is 1. The third-order valence-corrected chi connectivity index (χ3v) is 3.13. The molecule has 0 aliphatic rings. The molecule has 0 saturated heterocycles. The minimum atomic E-state index is -0.00864. The third kappa shape index (κ3) is 6.02. The number of unbranched alkanes of at least 4 members (excludes halogenated alkanes) is 3. The van der Waals surface area contributed by atoms with E-state index in [9.17, 15) is 4.79 Å². The van der Waals surface area contributed by atoms with E-state index in [2.05, 4.69) is 27.9 Å². The van der Waals surface area contributed by atoms with Crippen LogP contribution < -0.4 is 5.32 Å².